The highest BCUT2D eigenvalue weighted by molar-refractivity contribution is 5.67. The zero-order chi connectivity index (χ0) is 15.6. The van der Waals surface area contributed by atoms with E-state index >= 15 is 0 Å². The fraction of sp³-hybridized carbons (Fsp3) is 0.625. The Balaban J connectivity index is 2.11. The van der Waals surface area contributed by atoms with Crippen LogP contribution in [0.15, 0.2) is 18.5 Å². The lowest BCUT2D eigenvalue weighted by Gasteiger charge is -2.22. The fourth-order valence-corrected chi connectivity index (χ4v) is 2.35. The Hall–Kier alpha value is -1.62. The van der Waals surface area contributed by atoms with Crippen molar-refractivity contribution in [3.05, 3.63) is 24.2 Å². The van der Waals surface area contributed by atoms with Gasteiger partial charge in [-0.2, -0.15) is 5.10 Å². The molecule has 0 bridgehead atoms. The maximum atomic E-state index is 10.1. The number of hydrogen-bond donors (Lipinski definition) is 2. The average molecular weight is 290 g/mol. The van der Waals surface area contributed by atoms with Crippen molar-refractivity contribution >= 4 is 11.3 Å². The topological polar surface area (TPSA) is 62.5 Å². The molecule has 1 atom stereocenters. The maximum Gasteiger partial charge on any atom is 0.152 e. The Morgan fingerprint density at radius 3 is 2.67 bits per heavy atom. The van der Waals surface area contributed by atoms with Crippen LogP contribution >= 0.6 is 0 Å². The first-order valence-electron chi connectivity index (χ1n) is 7.52. The van der Waals surface area contributed by atoms with Crippen molar-refractivity contribution in [2.24, 2.45) is 5.41 Å². The van der Waals surface area contributed by atoms with Crippen molar-refractivity contribution in [1.29, 1.82) is 0 Å². The molecule has 2 heterocycles. The van der Waals surface area contributed by atoms with Crippen LogP contribution in [0, 0.1) is 5.41 Å². The molecule has 0 aliphatic carbocycles. The molecule has 2 aromatic rings. The van der Waals surface area contributed by atoms with Gasteiger partial charge in [0.1, 0.15) is 5.52 Å². The van der Waals surface area contributed by atoms with Gasteiger partial charge in [-0.3, -0.25) is 0 Å². The summed E-state index contributed by atoms with van der Waals surface area (Å²) in [6, 6.07) is 2.05. The van der Waals surface area contributed by atoms with Crippen LogP contribution < -0.4 is 5.32 Å². The van der Waals surface area contributed by atoms with E-state index in [1.54, 1.807) is 6.20 Å². The van der Waals surface area contributed by atoms with Gasteiger partial charge >= 0.3 is 0 Å². The quantitative estimate of drug-likeness (QED) is 0.888. The van der Waals surface area contributed by atoms with Gasteiger partial charge in [-0.25, -0.2) is 9.50 Å². The minimum atomic E-state index is -0.389. The zero-order valence-corrected chi connectivity index (χ0v) is 13.6. The van der Waals surface area contributed by atoms with Crippen LogP contribution in [0.2, 0.25) is 0 Å². The molecule has 0 aromatic carbocycles. The molecule has 5 heteroatoms. The summed E-state index contributed by atoms with van der Waals surface area (Å²) >= 11 is 0. The van der Waals surface area contributed by atoms with Gasteiger partial charge in [0, 0.05) is 18.9 Å². The van der Waals surface area contributed by atoms with E-state index in [4.69, 9.17) is 0 Å². The number of aliphatic hydroxyl groups excluding tert-OH is 1. The molecule has 5 nitrogen and oxygen atoms in total. The smallest absolute Gasteiger partial charge is 0.152 e. The molecule has 21 heavy (non-hydrogen) atoms. The van der Waals surface area contributed by atoms with E-state index < -0.39 is 0 Å². The SMILES string of the molecule is CC(C)c1cc2c(NCC(O)CC(C)(C)C)nccn2n1. The molecule has 2 N–H and O–H groups in total. The van der Waals surface area contributed by atoms with E-state index in [2.05, 4.69) is 56.1 Å². The number of rotatable bonds is 5. The molecule has 0 amide bonds. The summed E-state index contributed by atoms with van der Waals surface area (Å²) in [6.07, 6.45) is 3.93. The lowest BCUT2D eigenvalue weighted by atomic mass is 9.89. The third-order valence-electron chi connectivity index (χ3n) is 3.35. The molecule has 0 saturated heterocycles. The van der Waals surface area contributed by atoms with Crippen LogP contribution in [-0.4, -0.2) is 32.4 Å². The summed E-state index contributed by atoms with van der Waals surface area (Å²) in [4.78, 5) is 4.36. The number of aliphatic hydroxyl groups is 1. The first-order valence-corrected chi connectivity index (χ1v) is 7.52. The first kappa shape index (κ1) is 15.8. The Labute approximate surface area is 126 Å². The van der Waals surface area contributed by atoms with Crippen LogP contribution in [0.5, 0.6) is 0 Å². The summed E-state index contributed by atoms with van der Waals surface area (Å²) < 4.78 is 1.83. The molecule has 0 aliphatic rings. The van der Waals surface area contributed by atoms with Crippen LogP contribution in [0.4, 0.5) is 5.82 Å². The molecule has 0 radical (unpaired) electrons. The molecule has 0 fully saturated rings. The molecule has 1 unspecified atom stereocenters. The van der Waals surface area contributed by atoms with Gasteiger partial charge in [-0.15, -0.1) is 0 Å². The van der Waals surface area contributed by atoms with Crippen LogP contribution in [0.25, 0.3) is 5.52 Å². The fourth-order valence-electron chi connectivity index (χ4n) is 2.35. The number of nitrogens with zero attached hydrogens (tertiary/aromatic N) is 3. The molecule has 0 saturated carbocycles. The van der Waals surface area contributed by atoms with E-state index in [9.17, 15) is 5.11 Å². The molecule has 0 aliphatic heterocycles. The van der Waals surface area contributed by atoms with Crippen molar-refractivity contribution in [3.63, 3.8) is 0 Å². The summed E-state index contributed by atoms with van der Waals surface area (Å²) in [7, 11) is 0. The molecular formula is C16H26N4O. The molecule has 0 spiro atoms. The van der Waals surface area contributed by atoms with Gasteiger partial charge in [0.2, 0.25) is 0 Å². The molecule has 2 rings (SSSR count). The number of hydrogen-bond acceptors (Lipinski definition) is 4. The van der Waals surface area contributed by atoms with E-state index in [1.165, 1.54) is 0 Å². The normalized spacial score (nSPS) is 13.9. The summed E-state index contributed by atoms with van der Waals surface area (Å²) in [6.45, 7) is 11.1. The van der Waals surface area contributed by atoms with Gasteiger partial charge in [0.05, 0.1) is 11.8 Å². The Kier molecular flexibility index (Phi) is 4.52. The summed E-state index contributed by atoms with van der Waals surface area (Å²) in [5.41, 5.74) is 2.10. The Bertz CT molecular complexity index is 598. The minimum Gasteiger partial charge on any atom is -0.391 e. The number of nitrogens with one attached hydrogen (secondary N) is 1. The van der Waals surface area contributed by atoms with Crippen LogP contribution in [0.1, 0.15) is 52.7 Å². The van der Waals surface area contributed by atoms with Gasteiger partial charge in [-0.05, 0) is 23.8 Å². The minimum absolute atomic E-state index is 0.113. The molecule has 116 valence electrons. The third kappa shape index (κ3) is 4.17. The molecular weight excluding hydrogens is 264 g/mol. The number of aromatic nitrogens is 3. The largest absolute Gasteiger partial charge is 0.391 e. The van der Waals surface area contributed by atoms with Crippen molar-refractivity contribution < 1.29 is 5.11 Å². The highest BCUT2D eigenvalue weighted by Crippen LogP contribution is 2.22. The number of anilines is 1. The highest BCUT2D eigenvalue weighted by Gasteiger charge is 2.17. The lowest BCUT2D eigenvalue weighted by Crippen LogP contribution is -2.25. The maximum absolute atomic E-state index is 10.1. The Morgan fingerprint density at radius 2 is 2.05 bits per heavy atom. The van der Waals surface area contributed by atoms with Crippen molar-refractivity contribution in [1.82, 2.24) is 14.6 Å². The second kappa shape index (κ2) is 6.02. The zero-order valence-electron chi connectivity index (χ0n) is 13.6. The van der Waals surface area contributed by atoms with E-state index in [0.29, 0.717) is 12.5 Å². The van der Waals surface area contributed by atoms with Crippen molar-refractivity contribution in [2.75, 3.05) is 11.9 Å². The molecule has 2 aromatic heterocycles. The van der Waals surface area contributed by atoms with E-state index in [1.807, 2.05) is 10.7 Å². The van der Waals surface area contributed by atoms with Crippen LogP contribution in [0.3, 0.4) is 0 Å². The predicted octanol–water partition coefficient (Wildman–Crippen LogP) is 3.06. The van der Waals surface area contributed by atoms with Gasteiger partial charge in [0.25, 0.3) is 0 Å². The Morgan fingerprint density at radius 1 is 1.33 bits per heavy atom. The third-order valence-corrected chi connectivity index (χ3v) is 3.35. The highest BCUT2D eigenvalue weighted by atomic mass is 16.3. The van der Waals surface area contributed by atoms with Gasteiger partial charge < -0.3 is 10.4 Å². The van der Waals surface area contributed by atoms with Gasteiger partial charge in [-0.1, -0.05) is 34.6 Å². The van der Waals surface area contributed by atoms with E-state index in [0.717, 1.165) is 23.4 Å². The first-order chi connectivity index (χ1) is 9.76. The number of fused-ring (bicyclic) bond motifs is 1. The predicted molar refractivity (Wildman–Crippen MR) is 85.6 cm³/mol. The summed E-state index contributed by atoms with van der Waals surface area (Å²) in [5.74, 6) is 1.15. The standard InChI is InChI=1S/C16H26N4O/c1-11(2)13-8-14-15(17-6-7-20(14)19-13)18-10-12(21)9-16(3,4)5/h6-8,11-12,21H,9-10H2,1-5H3,(H,17,18). The second-order valence-electron chi connectivity index (χ2n) is 7.13. The monoisotopic (exact) mass is 290 g/mol. The average Bonchev–Trinajstić information content (AvgIpc) is 2.78. The van der Waals surface area contributed by atoms with Crippen molar-refractivity contribution in [2.45, 2.75) is 53.1 Å². The van der Waals surface area contributed by atoms with Gasteiger partial charge in [0.15, 0.2) is 5.82 Å². The second-order valence-corrected chi connectivity index (χ2v) is 7.13. The summed E-state index contributed by atoms with van der Waals surface area (Å²) in [5, 5.41) is 17.9. The van der Waals surface area contributed by atoms with E-state index in [-0.39, 0.29) is 11.5 Å². The van der Waals surface area contributed by atoms with Crippen molar-refractivity contribution in [3.8, 4) is 0 Å². The lowest BCUT2D eigenvalue weighted by molar-refractivity contribution is 0.132. The van der Waals surface area contributed by atoms with Crippen LogP contribution in [-0.2, 0) is 0 Å².